The fourth-order valence-corrected chi connectivity index (χ4v) is 3.30. The van der Waals surface area contributed by atoms with Gasteiger partial charge in [0.15, 0.2) is 0 Å². The second kappa shape index (κ2) is 7.83. The van der Waals surface area contributed by atoms with Crippen LogP contribution in [-0.4, -0.2) is 31.5 Å². The van der Waals surface area contributed by atoms with Crippen molar-refractivity contribution in [3.05, 3.63) is 72.7 Å². The quantitative estimate of drug-likeness (QED) is 0.650. The first-order valence-corrected chi connectivity index (χ1v) is 9.21. The first-order valence-electron chi connectivity index (χ1n) is 7.73. The van der Waals surface area contributed by atoms with Gasteiger partial charge in [-0.2, -0.15) is 0 Å². The number of nitrogens with zero attached hydrogens (tertiary/aromatic N) is 2. The third-order valence-electron chi connectivity index (χ3n) is 3.41. The molecule has 0 saturated carbocycles. The molecule has 0 amide bonds. The highest BCUT2D eigenvalue weighted by molar-refractivity contribution is 7.92. The van der Waals surface area contributed by atoms with E-state index in [2.05, 4.69) is 19.4 Å². The summed E-state index contributed by atoms with van der Waals surface area (Å²) in [5.74, 6) is 0.0497. The minimum atomic E-state index is -3.91. The van der Waals surface area contributed by atoms with Crippen LogP contribution in [0, 0.1) is 0 Å². The van der Waals surface area contributed by atoms with Crippen LogP contribution in [0.1, 0.15) is 10.4 Å². The van der Waals surface area contributed by atoms with Crippen LogP contribution >= 0.6 is 0 Å². The van der Waals surface area contributed by atoms with Gasteiger partial charge in [-0.25, -0.2) is 18.2 Å². The summed E-state index contributed by atoms with van der Waals surface area (Å²) in [7, 11) is -2.68. The molecule has 0 atom stereocenters. The third kappa shape index (κ3) is 4.59. The van der Waals surface area contributed by atoms with E-state index in [1.807, 2.05) is 0 Å². The van der Waals surface area contributed by atoms with Gasteiger partial charge in [-0.1, -0.05) is 12.1 Å². The Morgan fingerprint density at radius 2 is 1.89 bits per heavy atom. The molecule has 0 fully saturated rings. The van der Waals surface area contributed by atoms with Gasteiger partial charge in [0.1, 0.15) is 5.75 Å². The van der Waals surface area contributed by atoms with Crippen molar-refractivity contribution < 1.29 is 22.7 Å². The summed E-state index contributed by atoms with van der Waals surface area (Å²) in [4.78, 5) is 19.4. The second-order valence-corrected chi connectivity index (χ2v) is 6.98. The van der Waals surface area contributed by atoms with Crippen molar-refractivity contribution in [1.82, 2.24) is 9.97 Å². The number of ether oxygens (including phenoxy) is 2. The second-order valence-electron chi connectivity index (χ2n) is 5.30. The number of anilines is 1. The Bertz CT molecular complexity index is 1060. The third-order valence-corrected chi connectivity index (χ3v) is 4.79. The highest BCUT2D eigenvalue weighted by Gasteiger charge is 2.17. The number of rotatable bonds is 6. The molecule has 138 valence electrons. The molecule has 2 aromatic carbocycles. The number of esters is 1. The fourth-order valence-electron chi connectivity index (χ4n) is 2.20. The number of carbonyl (C=O) groups is 1. The normalized spacial score (nSPS) is 10.9. The molecule has 1 heterocycles. The van der Waals surface area contributed by atoms with Gasteiger partial charge < -0.3 is 9.47 Å². The Morgan fingerprint density at radius 3 is 2.63 bits per heavy atom. The Morgan fingerprint density at radius 1 is 1.07 bits per heavy atom. The number of hydrogen-bond donors (Lipinski definition) is 1. The Kier molecular flexibility index (Phi) is 5.32. The Balaban J connectivity index is 1.82. The summed E-state index contributed by atoms with van der Waals surface area (Å²) in [6.45, 7) is 0. The molecule has 0 radical (unpaired) electrons. The lowest BCUT2D eigenvalue weighted by atomic mass is 10.2. The van der Waals surface area contributed by atoms with E-state index < -0.39 is 16.0 Å². The van der Waals surface area contributed by atoms with Crippen LogP contribution in [-0.2, 0) is 14.8 Å². The number of nitrogens with one attached hydrogen (secondary N) is 1. The smallest absolute Gasteiger partial charge is 0.337 e. The van der Waals surface area contributed by atoms with Gasteiger partial charge in [-0.15, -0.1) is 0 Å². The van der Waals surface area contributed by atoms with Crippen LogP contribution in [0.5, 0.6) is 11.6 Å². The van der Waals surface area contributed by atoms with Crippen LogP contribution in [0.4, 0.5) is 5.69 Å². The van der Waals surface area contributed by atoms with Crippen LogP contribution in [0.3, 0.4) is 0 Å². The first-order chi connectivity index (χ1) is 13.0. The summed E-state index contributed by atoms with van der Waals surface area (Å²) < 4.78 is 37.8. The topological polar surface area (TPSA) is 107 Å². The van der Waals surface area contributed by atoms with E-state index in [1.54, 1.807) is 18.2 Å². The van der Waals surface area contributed by atoms with Crippen LogP contribution in [0.15, 0.2) is 72.0 Å². The average molecular weight is 385 g/mol. The lowest BCUT2D eigenvalue weighted by Gasteiger charge is -2.10. The highest BCUT2D eigenvalue weighted by Crippen LogP contribution is 2.24. The lowest BCUT2D eigenvalue weighted by Crippen LogP contribution is -2.14. The molecule has 0 aliphatic carbocycles. The van der Waals surface area contributed by atoms with Crippen molar-refractivity contribution in [3.8, 4) is 11.6 Å². The molecule has 0 saturated heterocycles. The highest BCUT2D eigenvalue weighted by atomic mass is 32.2. The number of sulfonamides is 1. The monoisotopic (exact) mass is 385 g/mol. The molecule has 1 aromatic heterocycles. The van der Waals surface area contributed by atoms with Crippen molar-refractivity contribution in [1.29, 1.82) is 0 Å². The van der Waals surface area contributed by atoms with Crippen LogP contribution in [0.25, 0.3) is 0 Å². The minimum absolute atomic E-state index is 0.0642. The van der Waals surface area contributed by atoms with Gasteiger partial charge in [0.05, 0.1) is 29.5 Å². The fraction of sp³-hybridized carbons (Fsp3) is 0.0556. The zero-order valence-electron chi connectivity index (χ0n) is 14.2. The molecule has 0 unspecified atom stereocenters. The summed E-state index contributed by atoms with van der Waals surface area (Å²) >= 11 is 0. The van der Waals surface area contributed by atoms with E-state index in [9.17, 15) is 13.2 Å². The molecule has 0 aliphatic heterocycles. The molecule has 0 aliphatic rings. The predicted octanol–water partition coefficient (Wildman–Crippen LogP) is 2.86. The van der Waals surface area contributed by atoms with Crippen molar-refractivity contribution >= 4 is 21.7 Å². The van der Waals surface area contributed by atoms with E-state index in [4.69, 9.17) is 4.74 Å². The lowest BCUT2D eigenvalue weighted by molar-refractivity contribution is 0.0600. The minimum Gasteiger partial charge on any atom is -0.465 e. The average Bonchev–Trinajstić information content (AvgIpc) is 2.68. The number of carbonyl (C=O) groups excluding carboxylic acids is 1. The summed E-state index contributed by atoms with van der Waals surface area (Å²) in [5.41, 5.74) is 0.431. The standard InChI is InChI=1S/C18H15N3O5S/c1-25-18(22)13-4-2-7-16(10-13)27(23,24)21-14-5-3-6-15(11-14)26-17-12-19-8-9-20-17/h2-12,21H,1H3. The number of benzene rings is 2. The van der Waals surface area contributed by atoms with Crippen molar-refractivity contribution in [3.63, 3.8) is 0 Å². The molecule has 27 heavy (non-hydrogen) atoms. The largest absolute Gasteiger partial charge is 0.465 e. The molecule has 1 N–H and O–H groups in total. The number of hydrogen-bond acceptors (Lipinski definition) is 7. The van der Waals surface area contributed by atoms with Gasteiger partial charge in [0.2, 0.25) is 5.88 Å². The maximum absolute atomic E-state index is 12.6. The van der Waals surface area contributed by atoms with Gasteiger partial charge in [-0.3, -0.25) is 9.71 Å². The maximum atomic E-state index is 12.6. The molecular formula is C18H15N3O5S. The molecule has 3 rings (SSSR count). The zero-order chi connectivity index (χ0) is 19.3. The molecule has 0 spiro atoms. The molecule has 0 bridgehead atoms. The number of methoxy groups -OCH3 is 1. The van der Waals surface area contributed by atoms with E-state index in [-0.39, 0.29) is 16.3 Å². The van der Waals surface area contributed by atoms with E-state index in [0.717, 1.165) is 0 Å². The van der Waals surface area contributed by atoms with Crippen LogP contribution < -0.4 is 9.46 Å². The van der Waals surface area contributed by atoms with Crippen molar-refractivity contribution in [2.75, 3.05) is 11.8 Å². The van der Waals surface area contributed by atoms with Crippen LogP contribution in [0.2, 0.25) is 0 Å². The summed E-state index contributed by atoms with van der Waals surface area (Å²) in [5, 5.41) is 0. The SMILES string of the molecule is COC(=O)c1cccc(S(=O)(=O)Nc2cccc(Oc3cnccn3)c2)c1. The molecular weight excluding hydrogens is 370 g/mol. The van der Waals surface area contributed by atoms with Crippen molar-refractivity contribution in [2.24, 2.45) is 0 Å². The van der Waals surface area contributed by atoms with E-state index in [0.29, 0.717) is 11.4 Å². The van der Waals surface area contributed by atoms with Gasteiger partial charge in [-0.05, 0) is 30.3 Å². The molecule has 8 nitrogen and oxygen atoms in total. The zero-order valence-corrected chi connectivity index (χ0v) is 15.0. The summed E-state index contributed by atoms with van der Waals surface area (Å²) in [6.07, 6.45) is 4.44. The molecule has 9 heteroatoms. The van der Waals surface area contributed by atoms with E-state index in [1.165, 1.54) is 56.0 Å². The number of aromatic nitrogens is 2. The Hall–Kier alpha value is -3.46. The first kappa shape index (κ1) is 18.3. The van der Waals surface area contributed by atoms with Gasteiger partial charge >= 0.3 is 5.97 Å². The molecule has 3 aromatic rings. The maximum Gasteiger partial charge on any atom is 0.337 e. The van der Waals surface area contributed by atoms with Gasteiger partial charge in [0, 0.05) is 18.5 Å². The van der Waals surface area contributed by atoms with Gasteiger partial charge in [0.25, 0.3) is 10.0 Å². The predicted molar refractivity (Wildman–Crippen MR) is 97.1 cm³/mol. The van der Waals surface area contributed by atoms with E-state index >= 15 is 0 Å². The van der Waals surface area contributed by atoms with Crippen molar-refractivity contribution in [2.45, 2.75) is 4.90 Å². The Labute approximate surface area is 155 Å². The summed E-state index contributed by atoms with van der Waals surface area (Å²) in [6, 6.07) is 11.9.